The van der Waals surface area contributed by atoms with Crippen LogP contribution >= 0.6 is 11.6 Å². The lowest BCUT2D eigenvalue weighted by molar-refractivity contribution is 0.0140. The van der Waals surface area contributed by atoms with Crippen LogP contribution in [0.15, 0.2) is 28.7 Å². The van der Waals surface area contributed by atoms with Crippen LogP contribution < -0.4 is 5.32 Å². The van der Waals surface area contributed by atoms with E-state index in [1.165, 1.54) is 12.8 Å². The molecule has 3 rings (SSSR count). The molecule has 3 nitrogen and oxygen atoms in total. The van der Waals surface area contributed by atoms with Gasteiger partial charge in [-0.1, -0.05) is 18.5 Å². The van der Waals surface area contributed by atoms with Crippen LogP contribution in [0, 0.1) is 5.92 Å². The third kappa shape index (κ3) is 3.25. The molecular formula is C17H22ClNO2. The molecule has 1 aliphatic carbocycles. The first kappa shape index (κ1) is 14.9. The number of furan rings is 1. The van der Waals surface area contributed by atoms with Gasteiger partial charge in [-0.2, -0.15) is 0 Å². The fraction of sp³-hybridized carbons (Fsp3) is 0.529. The minimum Gasteiger partial charge on any atom is -0.459 e. The first-order chi connectivity index (χ1) is 10.2. The lowest BCUT2D eigenvalue weighted by Crippen LogP contribution is -2.35. The Morgan fingerprint density at radius 2 is 2.14 bits per heavy atom. The summed E-state index contributed by atoms with van der Waals surface area (Å²) in [6.45, 7) is 5.78. The van der Waals surface area contributed by atoms with E-state index in [-0.39, 0.29) is 12.1 Å². The Morgan fingerprint density at radius 1 is 1.33 bits per heavy atom. The van der Waals surface area contributed by atoms with Gasteiger partial charge in [0, 0.05) is 17.0 Å². The van der Waals surface area contributed by atoms with Crippen molar-refractivity contribution in [3.05, 3.63) is 35.0 Å². The van der Waals surface area contributed by atoms with Gasteiger partial charge >= 0.3 is 0 Å². The number of ether oxygens (including phenoxy) is 1. The first-order valence-corrected chi connectivity index (χ1v) is 8.14. The summed E-state index contributed by atoms with van der Waals surface area (Å²) in [5.41, 5.74) is 0.878. The second-order valence-corrected chi connectivity index (χ2v) is 6.06. The summed E-state index contributed by atoms with van der Waals surface area (Å²) in [5, 5.41) is 5.31. The van der Waals surface area contributed by atoms with Crippen molar-refractivity contribution in [3.63, 3.8) is 0 Å². The van der Waals surface area contributed by atoms with E-state index >= 15 is 0 Å². The second kappa shape index (κ2) is 6.39. The standard InChI is InChI=1S/C17H22ClNO2/c1-3-19-16(17(20-4-2)11-5-6-11)15-10-12-9-13(18)7-8-14(12)21-15/h7-11,16-17,19H,3-6H2,1-2H3. The number of fused-ring (bicyclic) bond motifs is 1. The molecule has 114 valence electrons. The lowest BCUT2D eigenvalue weighted by atomic mass is 10.0. The molecule has 1 heterocycles. The van der Waals surface area contributed by atoms with E-state index in [1.54, 1.807) is 0 Å². The maximum Gasteiger partial charge on any atom is 0.134 e. The van der Waals surface area contributed by atoms with Crippen molar-refractivity contribution in [2.24, 2.45) is 5.92 Å². The van der Waals surface area contributed by atoms with E-state index in [0.717, 1.165) is 34.9 Å². The average Bonchev–Trinajstić information content (AvgIpc) is 3.22. The fourth-order valence-corrected chi connectivity index (χ4v) is 3.09. The zero-order valence-electron chi connectivity index (χ0n) is 12.6. The van der Waals surface area contributed by atoms with Crippen LogP contribution in [0.1, 0.15) is 38.5 Å². The van der Waals surface area contributed by atoms with Gasteiger partial charge in [0.25, 0.3) is 0 Å². The monoisotopic (exact) mass is 307 g/mol. The summed E-state index contributed by atoms with van der Waals surface area (Å²) in [6, 6.07) is 7.92. The molecule has 2 unspecified atom stereocenters. The minimum atomic E-state index is 0.105. The number of likely N-dealkylation sites (N-methyl/N-ethyl adjacent to an activating group) is 1. The fourth-order valence-electron chi connectivity index (χ4n) is 2.91. The van der Waals surface area contributed by atoms with E-state index in [4.69, 9.17) is 20.8 Å². The topological polar surface area (TPSA) is 34.4 Å². The summed E-state index contributed by atoms with van der Waals surface area (Å²) >= 11 is 6.06. The molecule has 1 N–H and O–H groups in total. The van der Waals surface area contributed by atoms with Crippen LogP contribution in [0.3, 0.4) is 0 Å². The molecule has 1 saturated carbocycles. The Balaban J connectivity index is 1.93. The zero-order valence-corrected chi connectivity index (χ0v) is 13.3. The van der Waals surface area contributed by atoms with E-state index in [1.807, 2.05) is 18.2 Å². The van der Waals surface area contributed by atoms with Crippen molar-refractivity contribution >= 4 is 22.6 Å². The molecule has 2 atom stereocenters. The van der Waals surface area contributed by atoms with Crippen molar-refractivity contribution in [1.29, 1.82) is 0 Å². The Labute approximate surface area is 130 Å². The van der Waals surface area contributed by atoms with E-state index < -0.39 is 0 Å². The van der Waals surface area contributed by atoms with Crippen LogP contribution in [-0.4, -0.2) is 19.3 Å². The highest BCUT2D eigenvalue weighted by Gasteiger charge is 2.39. The molecule has 2 aromatic rings. The maximum absolute atomic E-state index is 6.06. The Kier molecular flexibility index (Phi) is 4.53. The second-order valence-electron chi connectivity index (χ2n) is 5.62. The summed E-state index contributed by atoms with van der Waals surface area (Å²) in [4.78, 5) is 0. The summed E-state index contributed by atoms with van der Waals surface area (Å²) in [5.74, 6) is 1.59. The highest BCUT2D eigenvalue weighted by molar-refractivity contribution is 6.31. The van der Waals surface area contributed by atoms with Crippen LogP contribution in [0.5, 0.6) is 0 Å². The molecule has 1 aromatic heterocycles. The average molecular weight is 308 g/mol. The minimum absolute atomic E-state index is 0.105. The molecular weight excluding hydrogens is 286 g/mol. The van der Waals surface area contributed by atoms with E-state index in [0.29, 0.717) is 5.92 Å². The molecule has 0 radical (unpaired) electrons. The van der Waals surface area contributed by atoms with Gasteiger partial charge in [0.05, 0.1) is 12.1 Å². The lowest BCUT2D eigenvalue weighted by Gasteiger charge is -2.26. The molecule has 1 fully saturated rings. The van der Waals surface area contributed by atoms with Gasteiger partial charge in [-0.3, -0.25) is 0 Å². The van der Waals surface area contributed by atoms with E-state index in [9.17, 15) is 0 Å². The highest BCUT2D eigenvalue weighted by Crippen LogP contribution is 2.41. The predicted molar refractivity (Wildman–Crippen MR) is 85.8 cm³/mol. The number of hydrogen-bond acceptors (Lipinski definition) is 3. The van der Waals surface area contributed by atoms with Crippen LogP contribution in [0.4, 0.5) is 0 Å². The van der Waals surface area contributed by atoms with Crippen molar-refractivity contribution in [3.8, 4) is 0 Å². The molecule has 4 heteroatoms. The van der Waals surface area contributed by atoms with Gasteiger partial charge in [0.1, 0.15) is 11.3 Å². The van der Waals surface area contributed by atoms with Crippen molar-refractivity contribution in [2.45, 2.75) is 38.8 Å². The normalized spacial score (nSPS) is 18.0. The molecule has 1 aliphatic rings. The van der Waals surface area contributed by atoms with Gasteiger partial charge in [0.15, 0.2) is 0 Å². The first-order valence-electron chi connectivity index (χ1n) is 7.77. The van der Waals surface area contributed by atoms with Gasteiger partial charge in [-0.05, 0) is 56.5 Å². The Morgan fingerprint density at radius 3 is 2.81 bits per heavy atom. The number of halogens is 1. The third-order valence-electron chi connectivity index (χ3n) is 4.00. The molecule has 0 bridgehead atoms. The van der Waals surface area contributed by atoms with Crippen molar-refractivity contribution in [1.82, 2.24) is 5.32 Å². The van der Waals surface area contributed by atoms with Gasteiger partial charge < -0.3 is 14.5 Å². The van der Waals surface area contributed by atoms with E-state index in [2.05, 4.69) is 25.2 Å². The summed E-state index contributed by atoms with van der Waals surface area (Å²) < 4.78 is 12.0. The molecule has 0 saturated heterocycles. The summed E-state index contributed by atoms with van der Waals surface area (Å²) in [6.07, 6.45) is 2.68. The largest absolute Gasteiger partial charge is 0.459 e. The predicted octanol–water partition coefficient (Wildman–Crippen LogP) is 4.55. The SMILES string of the molecule is CCNC(c1cc2cc(Cl)ccc2o1)C(OCC)C1CC1. The van der Waals surface area contributed by atoms with Crippen molar-refractivity contribution < 1.29 is 9.15 Å². The third-order valence-corrected chi connectivity index (χ3v) is 4.24. The van der Waals surface area contributed by atoms with Gasteiger partial charge in [0.2, 0.25) is 0 Å². The Bertz CT molecular complexity index is 606. The van der Waals surface area contributed by atoms with Gasteiger partial charge in [-0.15, -0.1) is 0 Å². The quantitative estimate of drug-likeness (QED) is 0.814. The molecule has 0 aliphatic heterocycles. The van der Waals surface area contributed by atoms with Crippen molar-refractivity contribution in [2.75, 3.05) is 13.2 Å². The molecule has 0 amide bonds. The number of hydrogen-bond donors (Lipinski definition) is 1. The number of benzene rings is 1. The molecule has 0 spiro atoms. The molecule has 1 aromatic carbocycles. The van der Waals surface area contributed by atoms with Crippen LogP contribution in [0.25, 0.3) is 11.0 Å². The Hall–Kier alpha value is -1.03. The van der Waals surface area contributed by atoms with Gasteiger partial charge in [-0.25, -0.2) is 0 Å². The maximum atomic E-state index is 6.06. The van der Waals surface area contributed by atoms with Crippen LogP contribution in [0.2, 0.25) is 5.02 Å². The highest BCUT2D eigenvalue weighted by atomic mass is 35.5. The zero-order chi connectivity index (χ0) is 14.8. The number of nitrogens with one attached hydrogen (secondary N) is 1. The summed E-state index contributed by atoms with van der Waals surface area (Å²) in [7, 11) is 0. The smallest absolute Gasteiger partial charge is 0.134 e. The van der Waals surface area contributed by atoms with Crippen LogP contribution in [-0.2, 0) is 4.74 Å². The number of rotatable bonds is 7. The molecule has 21 heavy (non-hydrogen) atoms.